The van der Waals surface area contributed by atoms with Gasteiger partial charge in [-0.2, -0.15) is 5.10 Å². The van der Waals surface area contributed by atoms with Gasteiger partial charge in [-0.15, -0.1) is 0 Å². The third-order valence-electron chi connectivity index (χ3n) is 5.98. The summed E-state index contributed by atoms with van der Waals surface area (Å²) >= 11 is 0. The highest BCUT2D eigenvalue weighted by molar-refractivity contribution is 5.94. The van der Waals surface area contributed by atoms with E-state index in [1.807, 2.05) is 34.0 Å². The molecule has 1 aliphatic carbocycles. The fourth-order valence-corrected chi connectivity index (χ4v) is 4.38. The number of nitrogens with zero attached hydrogens (tertiary/aromatic N) is 5. The van der Waals surface area contributed by atoms with E-state index in [-0.39, 0.29) is 11.7 Å². The molecule has 1 fully saturated rings. The maximum atomic E-state index is 13.3. The Morgan fingerprint density at radius 1 is 1.00 bits per heavy atom. The van der Waals surface area contributed by atoms with E-state index in [2.05, 4.69) is 15.0 Å². The third kappa shape index (κ3) is 3.61. The van der Waals surface area contributed by atoms with Crippen molar-refractivity contribution < 1.29 is 9.18 Å². The van der Waals surface area contributed by atoms with Crippen molar-refractivity contribution in [3.8, 4) is 5.69 Å². The van der Waals surface area contributed by atoms with Crippen molar-refractivity contribution in [3.63, 3.8) is 0 Å². The lowest BCUT2D eigenvalue weighted by atomic mass is 10.1. The molecule has 1 aromatic carbocycles. The molecule has 1 saturated heterocycles. The number of fused-ring (bicyclic) bond motifs is 1. The van der Waals surface area contributed by atoms with Gasteiger partial charge in [-0.25, -0.2) is 9.07 Å². The van der Waals surface area contributed by atoms with E-state index in [0.29, 0.717) is 18.8 Å². The van der Waals surface area contributed by atoms with Crippen LogP contribution < -0.4 is 0 Å². The van der Waals surface area contributed by atoms with Crippen LogP contribution in [0.3, 0.4) is 0 Å². The van der Waals surface area contributed by atoms with E-state index >= 15 is 0 Å². The van der Waals surface area contributed by atoms with E-state index in [0.717, 1.165) is 61.5 Å². The molecule has 3 aromatic rings. The predicted molar refractivity (Wildman–Crippen MR) is 111 cm³/mol. The van der Waals surface area contributed by atoms with Crippen molar-refractivity contribution in [2.24, 2.45) is 0 Å². The summed E-state index contributed by atoms with van der Waals surface area (Å²) in [6, 6.07) is 12.2. The zero-order valence-electron chi connectivity index (χ0n) is 16.8. The van der Waals surface area contributed by atoms with Gasteiger partial charge in [0.05, 0.1) is 11.4 Å². The fraction of sp³-hybridized carbons (Fsp3) is 0.348. The Morgan fingerprint density at radius 2 is 1.80 bits per heavy atom. The quantitative estimate of drug-likeness (QED) is 0.670. The molecule has 0 unspecified atom stereocenters. The van der Waals surface area contributed by atoms with Crippen molar-refractivity contribution in [1.82, 2.24) is 24.6 Å². The summed E-state index contributed by atoms with van der Waals surface area (Å²) in [5.41, 5.74) is 4.55. The Hall–Kier alpha value is -3.06. The van der Waals surface area contributed by atoms with Gasteiger partial charge in [0.25, 0.3) is 5.91 Å². The Labute approximate surface area is 174 Å². The van der Waals surface area contributed by atoms with E-state index in [1.54, 1.807) is 12.1 Å². The van der Waals surface area contributed by atoms with Gasteiger partial charge in [-0.05, 0) is 55.7 Å². The van der Waals surface area contributed by atoms with Crippen molar-refractivity contribution >= 4 is 5.91 Å². The minimum absolute atomic E-state index is 0.00602. The standard InChI is InChI=1S/C23H24FN5O/c24-17-7-9-19(10-8-17)29-21-6-3-5-20(21)22(26-29)23(30)28-14-12-27(13-15-28)16-18-4-1-2-11-25-18/h1-2,4,7-11H,3,5-6,12-16H2. The molecule has 0 spiro atoms. The second-order valence-corrected chi connectivity index (χ2v) is 7.91. The molecule has 0 atom stereocenters. The molecule has 0 bridgehead atoms. The number of aromatic nitrogens is 3. The van der Waals surface area contributed by atoms with Crippen LogP contribution in [0, 0.1) is 5.82 Å². The zero-order chi connectivity index (χ0) is 20.5. The fourth-order valence-electron chi connectivity index (χ4n) is 4.38. The summed E-state index contributed by atoms with van der Waals surface area (Å²) in [5, 5.41) is 4.67. The molecule has 1 amide bonds. The van der Waals surface area contributed by atoms with Crippen LogP contribution in [0.5, 0.6) is 0 Å². The number of carbonyl (C=O) groups is 1. The van der Waals surface area contributed by atoms with Gasteiger partial charge in [-0.3, -0.25) is 14.7 Å². The molecule has 2 aromatic heterocycles. The van der Waals surface area contributed by atoms with Gasteiger partial charge < -0.3 is 4.90 Å². The second-order valence-electron chi connectivity index (χ2n) is 7.91. The lowest BCUT2D eigenvalue weighted by Gasteiger charge is -2.34. The molecule has 6 nitrogen and oxygen atoms in total. The molecular weight excluding hydrogens is 381 g/mol. The predicted octanol–water partition coefficient (Wildman–Crippen LogP) is 2.85. The van der Waals surface area contributed by atoms with Crippen LogP contribution in [0.2, 0.25) is 0 Å². The van der Waals surface area contributed by atoms with Crippen molar-refractivity contribution in [2.75, 3.05) is 26.2 Å². The highest BCUT2D eigenvalue weighted by Gasteiger charge is 2.31. The number of halogens is 1. The molecule has 7 heteroatoms. The minimum atomic E-state index is -0.276. The molecule has 0 radical (unpaired) electrons. The number of hydrogen-bond donors (Lipinski definition) is 0. The maximum absolute atomic E-state index is 13.3. The molecule has 0 N–H and O–H groups in total. The first-order chi connectivity index (χ1) is 14.7. The molecular formula is C23H24FN5O. The number of hydrogen-bond acceptors (Lipinski definition) is 4. The number of benzene rings is 1. The summed E-state index contributed by atoms with van der Waals surface area (Å²) in [6.07, 6.45) is 4.60. The molecule has 5 rings (SSSR count). The smallest absolute Gasteiger partial charge is 0.274 e. The van der Waals surface area contributed by atoms with Gasteiger partial charge in [0.2, 0.25) is 0 Å². The number of amides is 1. The normalized spacial score (nSPS) is 16.6. The first-order valence-corrected chi connectivity index (χ1v) is 10.5. The first-order valence-electron chi connectivity index (χ1n) is 10.5. The number of pyridine rings is 1. The molecule has 3 heterocycles. The van der Waals surface area contributed by atoms with Gasteiger partial charge in [0.15, 0.2) is 5.69 Å². The Balaban J connectivity index is 1.31. The Kier molecular flexibility index (Phi) is 5.04. The monoisotopic (exact) mass is 405 g/mol. The Bertz CT molecular complexity index is 1040. The summed E-state index contributed by atoms with van der Waals surface area (Å²) in [4.78, 5) is 21.9. The highest BCUT2D eigenvalue weighted by atomic mass is 19.1. The van der Waals surface area contributed by atoms with Crippen LogP contribution in [0.25, 0.3) is 5.69 Å². The maximum Gasteiger partial charge on any atom is 0.274 e. The number of rotatable bonds is 4. The third-order valence-corrected chi connectivity index (χ3v) is 5.98. The highest BCUT2D eigenvalue weighted by Crippen LogP contribution is 2.29. The van der Waals surface area contributed by atoms with Crippen LogP contribution in [0.15, 0.2) is 48.7 Å². The van der Waals surface area contributed by atoms with E-state index in [4.69, 9.17) is 0 Å². The lowest BCUT2D eigenvalue weighted by molar-refractivity contribution is 0.0620. The summed E-state index contributed by atoms with van der Waals surface area (Å²) < 4.78 is 15.1. The number of carbonyl (C=O) groups excluding carboxylic acids is 1. The summed E-state index contributed by atoms with van der Waals surface area (Å²) in [6.45, 7) is 3.82. The van der Waals surface area contributed by atoms with Gasteiger partial charge in [0, 0.05) is 50.2 Å². The minimum Gasteiger partial charge on any atom is -0.335 e. The summed E-state index contributed by atoms with van der Waals surface area (Å²) in [7, 11) is 0. The van der Waals surface area contributed by atoms with Crippen LogP contribution in [-0.4, -0.2) is 56.7 Å². The summed E-state index contributed by atoms with van der Waals surface area (Å²) in [5.74, 6) is -0.270. The molecule has 0 saturated carbocycles. The SMILES string of the molecule is O=C(c1nn(-c2ccc(F)cc2)c2c1CCC2)N1CCN(Cc2ccccn2)CC1. The second kappa shape index (κ2) is 7.99. The number of piperazine rings is 1. The van der Waals surface area contributed by atoms with Crippen molar-refractivity contribution in [3.05, 3.63) is 77.1 Å². The largest absolute Gasteiger partial charge is 0.335 e. The zero-order valence-corrected chi connectivity index (χ0v) is 16.8. The molecule has 30 heavy (non-hydrogen) atoms. The molecule has 2 aliphatic rings. The van der Waals surface area contributed by atoms with Crippen LogP contribution >= 0.6 is 0 Å². The average molecular weight is 405 g/mol. The van der Waals surface area contributed by atoms with Crippen LogP contribution in [0.1, 0.15) is 33.9 Å². The van der Waals surface area contributed by atoms with E-state index in [1.165, 1.54) is 12.1 Å². The van der Waals surface area contributed by atoms with Gasteiger partial charge in [0.1, 0.15) is 5.82 Å². The topological polar surface area (TPSA) is 54.3 Å². The molecule has 154 valence electrons. The average Bonchev–Trinajstić information content (AvgIpc) is 3.38. The van der Waals surface area contributed by atoms with Gasteiger partial charge >= 0.3 is 0 Å². The van der Waals surface area contributed by atoms with Gasteiger partial charge in [-0.1, -0.05) is 6.07 Å². The lowest BCUT2D eigenvalue weighted by Crippen LogP contribution is -2.48. The van der Waals surface area contributed by atoms with Crippen molar-refractivity contribution in [1.29, 1.82) is 0 Å². The van der Waals surface area contributed by atoms with Crippen LogP contribution in [-0.2, 0) is 19.4 Å². The van der Waals surface area contributed by atoms with Crippen LogP contribution in [0.4, 0.5) is 4.39 Å². The van der Waals surface area contributed by atoms with Crippen molar-refractivity contribution in [2.45, 2.75) is 25.8 Å². The first kappa shape index (κ1) is 18.9. The molecule has 1 aliphatic heterocycles. The van der Waals surface area contributed by atoms with E-state index < -0.39 is 0 Å². The van der Waals surface area contributed by atoms with E-state index in [9.17, 15) is 9.18 Å². The Morgan fingerprint density at radius 3 is 2.53 bits per heavy atom.